The Balaban J connectivity index is 1.97. The van der Waals surface area contributed by atoms with Crippen molar-refractivity contribution < 1.29 is 4.92 Å². The van der Waals surface area contributed by atoms with Gasteiger partial charge in [-0.1, -0.05) is 24.3 Å². The summed E-state index contributed by atoms with van der Waals surface area (Å²) >= 11 is 0. The number of nitrogens with one attached hydrogen (secondary N) is 2. The van der Waals surface area contributed by atoms with Crippen LogP contribution in [0.3, 0.4) is 0 Å². The highest BCUT2D eigenvalue weighted by molar-refractivity contribution is 5.76. The predicted molar refractivity (Wildman–Crippen MR) is 97.6 cm³/mol. The molecule has 126 valence electrons. The van der Waals surface area contributed by atoms with E-state index in [1.807, 2.05) is 62.4 Å². The summed E-state index contributed by atoms with van der Waals surface area (Å²) in [5.41, 5.74) is 3.47. The Morgan fingerprint density at radius 3 is 2.12 bits per heavy atom. The van der Waals surface area contributed by atoms with Gasteiger partial charge in [0.2, 0.25) is 11.6 Å². The summed E-state index contributed by atoms with van der Waals surface area (Å²) in [6.07, 6.45) is 1.29. The third-order valence-corrected chi connectivity index (χ3v) is 3.81. The fraction of sp³-hybridized carbons (Fsp3) is 0.111. The Bertz CT molecular complexity index is 913. The van der Waals surface area contributed by atoms with Gasteiger partial charge in [0.05, 0.1) is 4.92 Å². The summed E-state index contributed by atoms with van der Waals surface area (Å²) in [5, 5.41) is 17.6. The summed E-state index contributed by atoms with van der Waals surface area (Å²) < 4.78 is 0. The zero-order valence-electron chi connectivity index (χ0n) is 13.9. The molecule has 0 fully saturated rings. The van der Waals surface area contributed by atoms with E-state index in [0.717, 1.165) is 16.8 Å². The molecule has 0 radical (unpaired) electrons. The first kappa shape index (κ1) is 16.4. The van der Waals surface area contributed by atoms with Crippen LogP contribution < -0.4 is 10.6 Å². The summed E-state index contributed by atoms with van der Waals surface area (Å²) in [6, 6.07) is 14.9. The van der Waals surface area contributed by atoms with Crippen LogP contribution in [0.2, 0.25) is 0 Å². The Labute approximate surface area is 144 Å². The van der Waals surface area contributed by atoms with Crippen LogP contribution in [0.5, 0.6) is 0 Å². The second-order valence-electron chi connectivity index (χ2n) is 5.59. The van der Waals surface area contributed by atoms with Gasteiger partial charge in [-0.2, -0.15) is 0 Å². The van der Waals surface area contributed by atoms with Crippen molar-refractivity contribution >= 4 is 28.7 Å². The molecule has 2 aromatic carbocycles. The van der Waals surface area contributed by atoms with Gasteiger partial charge in [0.25, 0.3) is 0 Å². The molecular formula is C18H17N5O2. The Kier molecular flexibility index (Phi) is 4.56. The van der Waals surface area contributed by atoms with Crippen molar-refractivity contribution in [1.82, 2.24) is 9.97 Å². The van der Waals surface area contributed by atoms with E-state index in [1.54, 1.807) is 0 Å². The Hall–Kier alpha value is -3.48. The number of aryl methyl sites for hydroxylation is 2. The number of nitro groups is 1. The minimum absolute atomic E-state index is 0.137. The highest BCUT2D eigenvalue weighted by atomic mass is 16.6. The van der Waals surface area contributed by atoms with Gasteiger partial charge < -0.3 is 10.6 Å². The molecule has 0 amide bonds. The maximum Gasteiger partial charge on any atom is 0.353 e. The van der Waals surface area contributed by atoms with Gasteiger partial charge >= 0.3 is 5.69 Å². The monoisotopic (exact) mass is 335 g/mol. The SMILES string of the molecule is Cc1ccc(Nc2ncnc(Nc3ccccc3)c2[N+](=O)[O-])cc1C. The number of hydrogen-bond donors (Lipinski definition) is 2. The Morgan fingerprint density at radius 1 is 0.880 bits per heavy atom. The van der Waals surface area contributed by atoms with E-state index in [1.165, 1.54) is 6.33 Å². The second kappa shape index (κ2) is 6.96. The van der Waals surface area contributed by atoms with Crippen molar-refractivity contribution in [2.45, 2.75) is 13.8 Å². The first-order chi connectivity index (χ1) is 12.0. The van der Waals surface area contributed by atoms with Crippen LogP contribution in [0, 0.1) is 24.0 Å². The first-order valence-corrected chi connectivity index (χ1v) is 7.70. The van der Waals surface area contributed by atoms with Crippen molar-refractivity contribution in [3.63, 3.8) is 0 Å². The molecule has 0 spiro atoms. The third kappa shape index (κ3) is 3.72. The van der Waals surface area contributed by atoms with E-state index in [-0.39, 0.29) is 17.3 Å². The molecule has 0 unspecified atom stereocenters. The van der Waals surface area contributed by atoms with Crippen molar-refractivity contribution in [3.8, 4) is 0 Å². The lowest BCUT2D eigenvalue weighted by molar-refractivity contribution is -0.383. The maximum atomic E-state index is 11.6. The molecular weight excluding hydrogens is 318 g/mol. The number of aromatic nitrogens is 2. The third-order valence-electron chi connectivity index (χ3n) is 3.81. The number of para-hydroxylation sites is 1. The van der Waals surface area contributed by atoms with Gasteiger partial charge in [-0.3, -0.25) is 10.1 Å². The fourth-order valence-electron chi connectivity index (χ4n) is 2.35. The van der Waals surface area contributed by atoms with Gasteiger partial charge in [-0.15, -0.1) is 0 Å². The summed E-state index contributed by atoms with van der Waals surface area (Å²) in [7, 11) is 0. The van der Waals surface area contributed by atoms with Crippen LogP contribution in [0.15, 0.2) is 54.9 Å². The van der Waals surface area contributed by atoms with Gasteiger partial charge in [0, 0.05) is 11.4 Å². The van der Waals surface area contributed by atoms with E-state index in [2.05, 4.69) is 20.6 Å². The summed E-state index contributed by atoms with van der Waals surface area (Å²) in [5.74, 6) is 0.277. The van der Waals surface area contributed by atoms with E-state index < -0.39 is 4.92 Å². The zero-order chi connectivity index (χ0) is 17.8. The average Bonchev–Trinajstić information content (AvgIpc) is 2.59. The van der Waals surface area contributed by atoms with Gasteiger partial charge in [0.15, 0.2) is 0 Å². The number of nitrogens with zero attached hydrogens (tertiary/aromatic N) is 3. The molecule has 1 heterocycles. The molecule has 0 aliphatic heterocycles. The fourth-order valence-corrected chi connectivity index (χ4v) is 2.35. The Morgan fingerprint density at radius 2 is 1.52 bits per heavy atom. The highest BCUT2D eigenvalue weighted by Crippen LogP contribution is 2.33. The maximum absolute atomic E-state index is 11.6. The number of benzene rings is 2. The van der Waals surface area contributed by atoms with E-state index in [4.69, 9.17) is 0 Å². The van der Waals surface area contributed by atoms with Gasteiger partial charge in [-0.05, 0) is 49.2 Å². The molecule has 0 saturated heterocycles. The van der Waals surface area contributed by atoms with E-state index in [9.17, 15) is 10.1 Å². The molecule has 7 nitrogen and oxygen atoms in total. The summed E-state index contributed by atoms with van der Waals surface area (Å²) in [4.78, 5) is 19.2. The number of hydrogen-bond acceptors (Lipinski definition) is 6. The predicted octanol–water partition coefficient (Wildman–Crippen LogP) is 4.49. The second-order valence-corrected chi connectivity index (χ2v) is 5.59. The molecule has 2 N–H and O–H groups in total. The first-order valence-electron chi connectivity index (χ1n) is 7.70. The molecule has 7 heteroatoms. The van der Waals surface area contributed by atoms with Crippen LogP contribution >= 0.6 is 0 Å². The topological polar surface area (TPSA) is 93.0 Å². The van der Waals surface area contributed by atoms with Crippen LogP contribution in [0.25, 0.3) is 0 Å². The van der Waals surface area contributed by atoms with Crippen molar-refractivity contribution in [3.05, 3.63) is 76.1 Å². The summed E-state index contributed by atoms with van der Waals surface area (Å²) in [6.45, 7) is 3.99. The van der Waals surface area contributed by atoms with E-state index >= 15 is 0 Å². The number of rotatable bonds is 5. The molecule has 25 heavy (non-hydrogen) atoms. The molecule has 0 aliphatic carbocycles. The molecule has 0 saturated carbocycles. The highest BCUT2D eigenvalue weighted by Gasteiger charge is 2.23. The lowest BCUT2D eigenvalue weighted by Crippen LogP contribution is -2.05. The molecule has 3 aromatic rings. The van der Waals surface area contributed by atoms with Crippen molar-refractivity contribution in [2.24, 2.45) is 0 Å². The average molecular weight is 335 g/mol. The molecule has 1 aromatic heterocycles. The molecule has 0 aliphatic rings. The standard InChI is InChI=1S/C18H17N5O2/c1-12-8-9-15(10-13(12)2)22-18-16(23(24)25)17(19-11-20-18)21-14-6-4-3-5-7-14/h3-11H,1-2H3,(H2,19,20,21,22). The van der Waals surface area contributed by atoms with Crippen LogP contribution in [-0.4, -0.2) is 14.9 Å². The smallest absolute Gasteiger partial charge is 0.334 e. The van der Waals surface area contributed by atoms with Crippen LogP contribution in [-0.2, 0) is 0 Å². The quantitative estimate of drug-likeness (QED) is 0.527. The van der Waals surface area contributed by atoms with Gasteiger partial charge in [0.1, 0.15) is 6.33 Å². The van der Waals surface area contributed by atoms with Crippen molar-refractivity contribution in [2.75, 3.05) is 10.6 Å². The van der Waals surface area contributed by atoms with Crippen molar-refractivity contribution in [1.29, 1.82) is 0 Å². The van der Waals surface area contributed by atoms with Crippen LogP contribution in [0.4, 0.5) is 28.7 Å². The lowest BCUT2D eigenvalue weighted by Gasteiger charge is -2.11. The van der Waals surface area contributed by atoms with Gasteiger partial charge in [-0.25, -0.2) is 9.97 Å². The zero-order valence-corrected chi connectivity index (χ0v) is 13.9. The molecule has 0 bridgehead atoms. The number of anilines is 4. The largest absolute Gasteiger partial charge is 0.353 e. The molecule has 3 rings (SSSR count). The van der Waals surface area contributed by atoms with E-state index in [0.29, 0.717) is 5.69 Å². The molecule has 0 atom stereocenters. The van der Waals surface area contributed by atoms with Crippen LogP contribution in [0.1, 0.15) is 11.1 Å². The lowest BCUT2D eigenvalue weighted by atomic mass is 10.1. The normalized spacial score (nSPS) is 10.3. The minimum atomic E-state index is -0.491. The minimum Gasteiger partial charge on any atom is -0.334 e.